The van der Waals surface area contributed by atoms with Gasteiger partial charge in [0.05, 0.1) is 33.0 Å². The van der Waals surface area contributed by atoms with Crippen molar-refractivity contribution in [3.63, 3.8) is 0 Å². The highest BCUT2D eigenvalue weighted by Crippen LogP contribution is 2.31. The second-order valence-corrected chi connectivity index (χ2v) is 10.5. The van der Waals surface area contributed by atoms with Crippen molar-refractivity contribution in [2.75, 3.05) is 0 Å². The predicted octanol–water partition coefficient (Wildman–Crippen LogP) is 4.64. The summed E-state index contributed by atoms with van der Waals surface area (Å²) in [5.74, 6) is 1.11. The van der Waals surface area contributed by atoms with Crippen molar-refractivity contribution >= 4 is 21.1 Å². The van der Waals surface area contributed by atoms with E-state index < -0.39 is 10.0 Å². The summed E-state index contributed by atoms with van der Waals surface area (Å²) >= 11 is 0. The minimum atomic E-state index is -3.71. The van der Waals surface area contributed by atoms with E-state index in [9.17, 15) is 8.42 Å². The molecule has 3 heterocycles. The summed E-state index contributed by atoms with van der Waals surface area (Å²) in [7, 11) is -3.71. The van der Waals surface area contributed by atoms with Crippen LogP contribution in [0.15, 0.2) is 78.0 Å². The van der Waals surface area contributed by atoms with Gasteiger partial charge >= 0.3 is 0 Å². The molecule has 0 unspecified atom stereocenters. The van der Waals surface area contributed by atoms with E-state index in [-0.39, 0.29) is 4.90 Å². The highest BCUT2D eigenvalue weighted by Gasteiger charge is 2.17. The van der Waals surface area contributed by atoms with E-state index in [0.29, 0.717) is 18.8 Å². The van der Waals surface area contributed by atoms with E-state index in [1.165, 1.54) is 12.1 Å². The van der Waals surface area contributed by atoms with Crippen LogP contribution < -0.4 is 5.14 Å². The predicted molar refractivity (Wildman–Crippen MR) is 140 cm³/mol. The molecule has 5 aromatic rings. The SMILES string of the molecule is CC(C)c1cccc(-c2[nH]c(CCc3ccc(S(N)(=O)=O)cc3)nc2-c2ccc3nccnc3c2)n1. The zero-order valence-corrected chi connectivity index (χ0v) is 20.8. The van der Waals surface area contributed by atoms with Crippen LogP contribution in [0.2, 0.25) is 0 Å². The number of rotatable bonds is 7. The van der Waals surface area contributed by atoms with Crippen LogP contribution in [0, 0.1) is 0 Å². The average molecular weight is 499 g/mol. The Hall–Kier alpha value is -3.95. The smallest absolute Gasteiger partial charge is 0.238 e. The number of aryl methyl sites for hydroxylation is 2. The van der Waals surface area contributed by atoms with Gasteiger partial charge in [-0.3, -0.25) is 15.0 Å². The lowest BCUT2D eigenvalue weighted by atomic mass is 10.1. The van der Waals surface area contributed by atoms with Gasteiger partial charge in [-0.15, -0.1) is 0 Å². The molecular weight excluding hydrogens is 472 g/mol. The molecule has 0 bridgehead atoms. The van der Waals surface area contributed by atoms with Crippen LogP contribution in [-0.4, -0.2) is 33.3 Å². The fraction of sp³-hybridized carbons (Fsp3) is 0.185. The Morgan fingerprint density at radius 3 is 2.36 bits per heavy atom. The number of primary sulfonamides is 1. The number of hydrogen-bond acceptors (Lipinski definition) is 6. The maximum absolute atomic E-state index is 11.5. The van der Waals surface area contributed by atoms with Crippen molar-refractivity contribution in [1.82, 2.24) is 24.9 Å². The maximum atomic E-state index is 11.5. The van der Waals surface area contributed by atoms with Gasteiger partial charge in [0.2, 0.25) is 10.0 Å². The highest BCUT2D eigenvalue weighted by atomic mass is 32.2. The number of nitrogens with one attached hydrogen (secondary N) is 1. The molecule has 0 amide bonds. The minimum Gasteiger partial charge on any atom is -0.340 e. The van der Waals surface area contributed by atoms with E-state index in [4.69, 9.17) is 15.1 Å². The summed E-state index contributed by atoms with van der Waals surface area (Å²) in [5, 5.41) is 5.21. The summed E-state index contributed by atoms with van der Waals surface area (Å²) in [6.07, 6.45) is 4.67. The summed E-state index contributed by atoms with van der Waals surface area (Å²) in [6.45, 7) is 4.24. The van der Waals surface area contributed by atoms with E-state index in [2.05, 4.69) is 28.8 Å². The average Bonchev–Trinajstić information content (AvgIpc) is 3.31. The van der Waals surface area contributed by atoms with Crippen LogP contribution in [0.3, 0.4) is 0 Å². The van der Waals surface area contributed by atoms with Crippen LogP contribution in [0.25, 0.3) is 33.7 Å². The van der Waals surface area contributed by atoms with Crippen molar-refractivity contribution < 1.29 is 8.42 Å². The zero-order valence-electron chi connectivity index (χ0n) is 20.0. The first-order valence-electron chi connectivity index (χ1n) is 11.7. The number of hydrogen-bond donors (Lipinski definition) is 2. The molecule has 0 aliphatic carbocycles. The normalized spacial score (nSPS) is 11.9. The highest BCUT2D eigenvalue weighted by molar-refractivity contribution is 7.89. The molecule has 0 atom stereocenters. The first kappa shape index (κ1) is 23.8. The molecule has 182 valence electrons. The molecule has 8 nitrogen and oxygen atoms in total. The van der Waals surface area contributed by atoms with Crippen LogP contribution in [0.4, 0.5) is 0 Å². The fourth-order valence-electron chi connectivity index (χ4n) is 4.07. The number of sulfonamides is 1. The number of aromatic amines is 1. The molecular formula is C27H26N6O2S. The Kier molecular flexibility index (Phi) is 6.34. The molecule has 0 radical (unpaired) electrons. The molecule has 36 heavy (non-hydrogen) atoms. The van der Waals surface area contributed by atoms with Crippen LogP contribution in [-0.2, 0) is 22.9 Å². The third-order valence-electron chi connectivity index (χ3n) is 6.02. The quantitative estimate of drug-likeness (QED) is 0.337. The molecule has 9 heteroatoms. The van der Waals surface area contributed by atoms with Gasteiger partial charge in [-0.1, -0.05) is 38.1 Å². The number of pyridine rings is 1. The Morgan fingerprint density at radius 2 is 1.64 bits per heavy atom. The van der Waals surface area contributed by atoms with Gasteiger partial charge < -0.3 is 4.98 Å². The van der Waals surface area contributed by atoms with Crippen LogP contribution in [0.1, 0.15) is 36.8 Å². The fourth-order valence-corrected chi connectivity index (χ4v) is 4.58. The second kappa shape index (κ2) is 9.60. The van der Waals surface area contributed by atoms with Gasteiger partial charge in [-0.25, -0.2) is 18.5 Å². The van der Waals surface area contributed by atoms with Gasteiger partial charge in [-0.2, -0.15) is 0 Å². The molecule has 0 aliphatic rings. The molecule has 3 aromatic heterocycles. The summed E-state index contributed by atoms with van der Waals surface area (Å²) in [4.78, 5) is 22.2. The van der Waals surface area contributed by atoms with Gasteiger partial charge in [0.15, 0.2) is 0 Å². The van der Waals surface area contributed by atoms with E-state index >= 15 is 0 Å². The molecule has 0 saturated heterocycles. The van der Waals surface area contributed by atoms with Crippen molar-refractivity contribution in [3.8, 4) is 22.6 Å². The Labute approximate surface area is 209 Å². The third-order valence-corrected chi connectivity index (χ3v) is 6.95. The second-order valence-electron chi connectivity index (χ2n) is 8.96. The summed E-state index contributed by atoms with van der Waals surface area (Å²) < 4.78 is 23.1. The summed E-state index contributed by atoms with van der Waals surface area (Å²) in [5.41, 5.74) is 7.01. The first-order valence-corrected chi connectivity index (χ1v) is 13.2. The molecule has 3 N–H and O–H groups in total. The van der Waals surface area contributed by atoms with Crippen molar-refractivity contribution in [1.29, 1.82) is 0 Å². The lowest BCUT2D eigenvalue weighted by molar-refractivity contribution is 0.597. The molecule has 0 saturated carbocycles. The molecule has 0 spiro atoms. The van der Waals surface area contributed by atoms with Gasteiger partial charge in [-0.05, 0) is 54.3 Å². The minimum absolute atomic E-state index is 0.101. The maximum Gasteiger partial charge on any atom is 0.238 e. The summed E-state index contributed by atoms with van der Waals surface area (Å²) in [6, 6.07) is 18.6. The van der Waals surface area contributed by atoms with Crippen molar-refractivity contribution in [3.05, 3.63) is 90.1 Å². The van der Waals surface area contributed by atoms with Crippen molar-refractivity contribution in [2.24, 2.45) is 5.14 Å². The topological polar surface area (TPSA) is 128 Å². The van der Waals surface area contributed by atoms with Gasteiger partial charge in [0.25, 0.3) is 0 Å². The lowest BCUT2D eigenvalue weighted by Crippen LogP contribution is -2.11. The molecule has 0 aliphatic heterocycles. The number of H-pyrrole nitrogens is 1. The van der Waals surface area contributed by atoms with Crippen LogP contribution >= 0.6 is 0 Å². The van der Waals surface area contributed by atoms with E-state index in [0.717, 1.165) is 50.8 Å². The van der Waals surface area contributed by atoms with Crippen molar-refractivity contribution in [2.45, 2.75) is 37.5 Å². The van der Waals surface area contributed by atoms with E-state index in [1.54, 1.807) is 24.5 Å². The number of nitrogens with zero attached hydrogens (tertiary/aromatic N) is 4. The van der Waals surface area contributed by atoms with Gasteiger partial charge in [0.1, 0.15) is 5.82 Å². The number of fused-ring (bicyclic) bond motifs is 1. The Morgan fingerprint density at radius 1 is 0.889 bits per heavy atom. The number of imidazole rings is 1. The van der Waals surface area contributed by atoms with E-state index in [1.807, 2.05) is 36.4 Å². The Bertz CT molecular complexity index is 1640. The number of aromatic nitrogens is 5. The zero-order chi connectivity index (χ0) is 25.3. The Balaban J connectivity index is 1.51. The standard InChI is InChI=1S/C27H26N6O2S/c1-17(2)21-4-3-5-23(31-21)27-26(19-9-12-22-24(16-19)30-15-14-29-22)32-25(33-27)13-8-18-6-10-20(11-7-18)36(28,34)35/h3-7,9-12,14-17H,8,13H2,1-2H3,(H,32,33)(H2,28,34,35). The molecule has 5 rings (SSSR count). The number of benzene rings is 2. The first-order chi connectivity index (χ1) is 17.3. The monoisotopic (exact) mass is 498 g/mol. The molecule has 0 fully saturated rings. The van der Waals surface area contributed by atoms with Crippen LogP contribution in [0.5, 0.6) is 0 Å². The third kappa shape index (κ3) is 5.02. The lowest BCUT2D eigenvalue weighted by Gasteiger charge is -2.08. The van der Waals surface area contributed by atoms with Gasteiger partial charge in [0, 0.05) is 30.1 Å². The number of nitrogens with two attached hydrogens (primary N) is 1. The largest absolute Gasteiger partial charge is 0.340 e. The molecule has 2 aromatic carbocycles.